The van der Waals surface area contributed by atoms with Gasteiger partial charge in [-0.3, -0.25) is 0 Å². The van der Waals surface area contributed by atoms with Crippen molar-refractivity contribution in [1.29, 1.82) is 0 Å². The lowest BCUT2D eigenvalue weighted by atomic mass is 10.0. The quantitative estimate of drug-likeness (QED) is 0.432. The van der Waals surface area contributed by atoms with Crippen LogP contribution in [0.2, 0.25) is 0 Å². The second-order valence-corrected chi connectivity index (χ2v) is 5.35. The first-order valence-electron chi connectivity index (χ1n) is 8.08. The summed E-state index contributed by atoms with van der Waals surface area (Å²) < 4.78 is 0. The maximum absolute atomic E-state index is 3.71. The van der Waals surface area contributed by atoms with Crippen LogP contribution >= 0.6 is 0 Å². The van der Waals surface area contributed by atoms with Gasteiger partial charge in [-0.25, -0.2) is 0 Å². The van der Waals surface area contributed by atoms with Gasteiger partial charge in [0.25, 0.3) is 0 Å². The standard InChI is InChI=1S/C16H35N/c1-4-7-9-10-11-12-14-16(13-8-5-2)17-15-6-3/h16-17H,4-15H2,1-3H3. The zero-order valence-electron chi connectivity index (χ0n) is 12.6. The third-order valence-corrected chi connectivity index (χ3v) is 3.50. The molecule has 1 unspecified atom stereocenters. The molecule has 0 amide bonds. The van der Waals surface area contributed by atoms with E-state index in [1.54, 1.807) is 0 Å². The molecule has 104 valence electrons. The smallest absolute Gasteiger partial charge is 0.00670 e. The Morgan fingerprint density at radius 1 is 0.647 bits per heavy atom. The number of hydrogen-bond donors (Lipinski definition) is 1. The van der Waals surface area contributed by atoms with Gasteiger partial charge in [-0.2, -0.15) is 0 Å². The third kappa shape index (κ3) is 12.2. The highest BCUT2D eigenvalue weighted by Gasteiger charge is 2.06. The van der Waals surface area contributed by atoms with E-state index < -0.39 is 0 Å². The normalized spacial score (nSPS) is 12.9. The lowest BCUT2D eigenvalue weighted by Crippen LogP contribution is -2.29. The van der Waals surface area contributed by atoms with Gasteiger partial charge in [0.2, 0.25) is 0 Å². The molecule has 0 aromatic heterocycles. The van der Waals surface area contributed by atoms with E-state index in [1.165, 1.54) is 77.2 Å². The molecule has 1 N–H and O–H groups in total. The predicted octanol–water partition coefficient (Wildman–Crippen LogP) is 5.30. The van der Waals surface area contributed by atoms with Crippen LogP contribution in [0.1, 0.15) is 91.4 Å². The summed E-state index contributed by atoms with van der Waals surface area (Å²) in [5, 5.41) is 3.71. The summed E-state index contributed by atoms with van der Waals surface area (Å²) in [6.45, 7) is 8.04. The van der Waals surface area contributed by atoms with Gasteiger partial charge in [-0.05, 0) is 25.8 Å². The Bertz CT molecular complexity index is 125. The van der Waals surface area contributed by atoms with Crippen LogP contribution in [0, 0.1) is 0 Å². The molecule has 0 saturated carbocycles. The Labute approximate surface area is 110 Å². The fourth-order valence-corrected chi connectivity index (χ4v) is 2.32. The molecule has 0 spiro atoms. The van der Waals surface area contributed by atoms with Crippen LogP contribution in [0.3, 0.4) is 0 Å². The molecule has 0 aliphatic rings. The zero-order valence-corrected chi connectivity index (χ0v) is 12.6. The first-order chi connectivity index (χ1) is 8.35. The first-order valence-corrected chi connectivity index (χ1v) is 8.08. The summed E-state index contributed by atoms with van der Waals surface area (Å²) >= 11 is 0. The van der Waals surface area contributed by atoms with Gasteiger partial charge in [0, 0.05) is 6.04 Å². The Hall–Kier alpha value is -0.0400. The maximum atomic E-state index is 3.71. The van der Waals surface area contributed by atoms with Gasteiger partial charge in [-0.15, -0.1) is 0 Å². The van der Waals surface area contributed by atoms with Crippen molar-refractivity contribution in [3.8, 4) is 0 Å². The van der Waals surface area contributed by atoms with E-state index in [0.29, 0.717) is 0 Å². The topological polar surface area (TPSA) is 12.0 Å². The highest BCUT2D eigenvalue weighted by molar-refractivity contribution is 4.66. The molecule has 0 heterocycles. The fourth-order valence-electron chi connectivity index (χ4n) is 2.32. The minimum Gasteiger partial charge on any atom is -0.314 e. The van der Waals surface area contributed by atoms with Gasteiger partial charge in [0.1, 0.15) is 0 Å². The molecular weight excluding hydrogens is 206 g/mol. The largest absolute Gasteiger partial charge is 0.314 e. The number of nitrogens with one attached hydrogen (secondary N) is 1. The lowest BCUT2D eigenvalue weighted by molar-refractivity contribution is 0.419. The molecule has 1 atom stereocenters. The number of unbranched alkanes of at least 4 members (excludes halogenated alkanes) is 6. The summed E-state index contributed by atoms with van der Waals surface area (Å²) in [6.07, 6.45) is 15.3. The van der Waals surface area contributed by atoms with Crippen molar-refractivity contribution < 1.29 is 0 Å². The summed E-state index contributed by atoms with van der Waals surface area (Å²) in [6, 6.07) is 0.793. The van der Waals surface area contributed by atoms with Gasteiger partial charge in [0.05, 0.1) is 0 Å². The second-order valence-electron chi connectivity index (χ2n) is 5.35. The van der Waals surface area contributed by atoms with Gasteiger partial charge in [-0.1, -0.05) is 72.1 Å². The van der Waals surface area contributed by atoms with E-state index in [2.05, 4.69) is 26.1 Å². The highest BCUT2D eigenvalue weighted by Crippen LogP contribution is 2.12. The Kier molecular flexibility index (Phi) is 14.0. The summed E-state index contributed by atoms with van der Waals surface area (Å²) in [5.41, 5.74) is 0. The molecule has 1 heteroatoms. The Morgan fingerprint density at radius 3 is 1.88 bits per heavy atom. The van der Waals surface area contributed by atoms with Crippen LogP contribution in [0.5, 0.6) is 0 Å². The average Bonchev–Trinajstić information content (AvgIpc) is 2.35. The molecule has 1 nitrogen and oxygen atoms in total. The second kappa shape index (κ2) is 14.0. The molecule has 0 saturated heterocycles. The SMILES string of the molecule is CCCCCCCCC(CCCC)NCCC. The number of rotatable bonds is 13. The van der Waals surface area contributed by atoms with Crippen LogP contribution < -0.4 is 5.32 Å². The average molecular weight is 241 g/mol. The van der Waals surface area contributed by atoms with E-state index in [4.69, 9.17) is 0 Å². The molecule has 0 aromatic carbocycles. The lowest BCUT2D eigenvalue weighted by Gasteiger charge is -2.18. The Morgan fingerprint density at radius 2 is 1.24 bits per heavy atom. The summed E-state index contributed by atoms with van der Waals surface area (Å²) in [4.78, 5) is 0. The van der Waals surface area contributed by atoms with E-state index in [9.17, 15) is 0 Å². The molecule has 0 aliphatic carbocycles. The maximum Gasteiger partial charge on any atom is 0.00670 e. The van der Waals surface area contributed by atoms with Crippen LogP contribution in [0.15, 0.2) is 0 Å². The fraction of sp³-hybridized carbons (Fsp3) is 1.00. The molecule has 0 aliphatic heterocycles. The summed E-state index contributed by atoms with van der Waals surface area (Å²) in [5.74, 6) is 0. The predicted molar refractivity (Wildman–Crippen MR) is 79.6 cm³/mol. The minimum atomic E-state index is 0.793. The summed E-state index contributed by atoms with van der Waals surface area (Å²) in [7, 11) is 0. The number of hydrogen-bond acceptors (Lipinski definition) is 1. The zero-order chi connectivity index (χ0) is 12.8. The molecule has 0 radical (unpaired) electrons. The molecule has 0 aromatic rings. The van der Waals surface area contributed by atoms with Crippen molar-refractivity contribution in [3.63, 3.8) is 0 Å². The van der Waals surface area contributed by atoms with Crippen molar-refractivity contribution in [2.24, 2.45) is 0 Å². The van der Waals surface area contributed by atoms with Crippen molar-refractivity contribution in [3.05, 3.63) is 0 Å². The first kappa shape index (κ1) is 17.0. The van der Waals surface area contributed by atoms with E-state index >= 15 is 0 Å². The highest BCUT2D eigenvalue weighted by atomic mass is 14.9. The van der Waals surface area contributed by atoms with Gasteiger partial charge < -0.3 is 5.32 Å². The van der Waals surface area contributed by atoms with Crippen molar-refractivity contribution in [2.45, 2.75) is 97.4 Å². The van der Waals surface area contributed by atoms with Crippen LogP contribution in [0.25, 0.3) is 0 Å². The van der Waals surface area contributed by atoms with Crippen molar-refractivity contribution in [1.82, 2.24) is 5.32 Å². The molecule has 0 rings (SSSR count). The van der Waals surface area contributed by atoms with E-state index in [1.807, 2.05) is 0 Å². The van der Waals surface area contributed by atoms with Crippen molar-refractivity contribution in [2.75, 3.05) is 6.54 Å². The molecular formula is C16H35N. The Balaban J connectivity index is 3.45. The van der Waals surface area contributed by atoms with Crippen molar-refractivity contribution >= 4 is 0 Å². The van der Waals surface area contributed by atoms with Gasteiger partial charge in [0.15, 0.2) is 0 Å². The van der Waals surface area contributed by atoms with Crippen LogP contribution in [-0.4, -0.2) is 12.6 Å². The third-order valence-electron chi connectivity index (χ3n) is 3.50. The molecule has 0 fully saturated rings. The molecule has 0 bridgehead atoms. The van der Waals surface area contributed by atoms with E-state index in [0.717, 1.165) is 6.04 Å². The van der Waals surface area contributed by atoms with E-state index in [-0.39, 0.29) is 0 Å². The minimum absolute atomic E-state index is 0.793. The van der Waals surface area contributed by atoms with Crippen LogP contribution in [-0.2, 0) is 0 Å². The molecule has 17 heavy (non-hydrogen) atoms. The van der Waals surface area contributed by atoms with Gasteiger partial charge >= 0.3 is 0 Å². The van der Waals surface area contributed by atoms with Crippen LogP contribution in [0.4, 0.5) is 0 Å². The monoisotopic (exact) mass is 241 g/mol.